The van der Waals surface area contributed by atoms with Crippen LogP contribution >= 0.6 is 0 Å². The van der Waals surface area contributed by atoms with E-state index in [0.29, 0.717) is 65.9 Å². The molecule has 0 unspecified atom stereocenters. The number of anilines is 1. The number of amides is 2. The molecule has 2 fully saturated rings. The molecule has 0 radical (unpaired) electrons. The average molecular weight is 582 g/mol. The van der Waals surface area contributed by atoms with Crippen LogP contribution in [0, 0.1) is 5.92 Å². The van der Waals surface area contributed by atoms with Crippen molar-refractivity contribution in [1.29, 1.82) is 0 Å². The van der Waals surface area contributed by atoms with Gasteiger partial charge in [0.1, 0.15) is 17.4 Å². The van der Waals surface area contributed by atoms with Crippen molar-refractivity contribution in [1.82, 2.24) is 40.0 Å². The molecular weight excluding hydrogens is 553 g/mol. The number of aryl methyl sites for hydroxylation is 1. The van der Waals surface area contributed by atoms with Gasteiger partial charge < -0.3 is 14.6 Å². The van der Waals surface area contributed by atoms with Crippen molar-refractivity contribution in [3.63, 3.8) is 0 Å². The molecule has 0 spiro atoms. The van der Waals surface area contributed by atoms with Crippen LogP contribution < -0.4 is 5.32 Å². The fourth-order valence-corrected chi connectivity index (χ4v) is 5.39. The van der Waals surface area contributed by atoms with Crippen molar-refractivity contribution in [2.45, 2.75) is 18.6 Å². The molecule has 3 aromatic heterocycles. The Hall–Kier alpha value is -5.04. The van der Waals surface area contributed by atoms with E-state index in [1.807, 2.05) is 30.3 Å². The van der Waals surface area contributed by atoms with Gasteiger partial charge in [-0.1, -0.05) is 30.3 Å². The highest BCUT2D eigenvalue weighted by Crippen LogP contribution is 2.35. The molecule has 2 aliphatic rings. The molecule has 5 aromatic rings. The number of fused-ring (bicyclic) bond motifs is 1. The maximum absolute atomic E-state index is 13.5. The SMILES string of the molecule is Cn1nnc([C@H](c2ccccc2)N2CCN(C(=O)c3cc(-c4nc5cc(NC(=O)[C@H]6C[C@H]6F)ccc5o4)ccn3)CC2)n1. The second-order valence-electron chi connectivity index (χ2n) is 10.8. The zero-order chi connectivity index (χ0) is 29.5. The smallest absolute Gasteiger partial charge is 0.272 e. The standard InChI is InChI=1S/C30H28FN9O3/c1-38-36-27(35-37-38)26(18-5-3-2-4-6-18)39-11-13-40(14-12-39)30(42)24-15-19(9-10-32-24)29-34-23-16-20(7-8-25(23)43-29)33-28(41)21-17-22(21)31/h2-10,15-16,21-22,26H,11-14,17H2,1H3,(H,33,41)/t21-,22+,26-/m0/s1. The van der Waals surface area contributed by atoms with E-state index < -0.39 is 12.1 Å². The third kappa shape index (κ3) is 5.46. The van der Waals surface area contributed by atoms with Gasteiger partial charge in [-0.05, 0) is 47.5 Å². The average Bonchev–Trinajstić information content (AvgIpc) is 3.39. The molecule has 43 heavy (non-hydrogen) atoms. The maximum Gasteiger partial charge on any atom is 0.272 e. The number of hydrogen-bond acceptors (Lipinski definition) is 9. The van der Waals surface area contributed by atoms with E-state index in [-0.39, 0.29) is 24.3 Å². The monoisotopic (exact) mass is 581 g/mol. The molecule has 2 amide bonds. The highest BCUT2D eigenvalue weighted by Gasteiger charge is 2.43. The third-order valence-corrected chi connectivity index (χ3v) is 7.78. The van der Waals surface area contributed by atoms with Crippen LogP contribution in [0.1, 0.15) is 34.3 Å². The molecule has 7 rings (SSSR count). The largest absolute Gasteiger partial charge is 0.436 e. The Bertz CT molecular complexity index is 1800. The molecule has 12 nitrogen and oxygen atoms in total. The molecular formula is C30H28FN9O3. The number of nitrogens with zero attached hydrogens (tertiary/aromatic N) is 8. The number of aromatic nitrogens is 6. The van der Waals surface area contributed by atoms with Gasteiger partial charge in [-0.3, -0.25) is 19.5 Å². The van der Waals surface area contributed by atoms with E-state index in [1.165, 1.54) is 4.80 Å². The predicted molar refractivity (Wildman–Crippen MR) is 153 cm³/mol. The summed E-state index contributed by atoms with van der Waals surface area (Å²) in [7, 11) is 1.74. The summed E-state index contributed by atoms with van der Waals surface area (Å²) in [6.07, 6.45) is 0.755. The number of halogens is 1. The summed E-state index contributed by atoms with van der Waals surface area (Å²) in [5, 5.41) is 15.5. The van der Waals surface area contributed by atoms with Gasteiger partial charge in [0.25, 0.3) is 5.91 Å². The minimum absolute atomic E-state index is 0.170. The number of piperazine rings is 1. The minimum atomic E-state index is -1.07. The number of nitrogens with one attached hydrogen (secondary N) is 1. The third-order valence-electron chi connectivity index (χ3n) is 7.78. The first kappa shape index (κ1) is 26.8. The molecule has 1 N–H and O–H groups in total. The summed E-state index contributed by atoms with van der Waals surface area (Å²) in [4.78, 5) is 40.0. The number of rotatable bonds is 7. The topological polar surface area (TPSA) is 135 Å². The van der Waals surface area contributed by atoms with Crippen molar-refractivity contribution in [2.75, 3.05) is 31.5 Å². The highest BCUT2D eigenvalue weighted by atomic mass is 19.1. The van der Waals surface area contributed by atoms with E-state index in [4.69, 9.17) is 4.42 Å². The predicted octanol–water partition coefficient (Wildman–Crippen LogP) is 3.26. The summed E-state index contributed by atoms with van der Waals surface area (Å²) in [5.41, 5.74) is 3.54. The number of alkyl halides is 1. The van der Waals surface area contributed by atoms with Crippen LogP contribution in [0.2, 0.25) is 0 Å². The van der Waals surface area contributed by atoms with Crippen LogP contribution in [-0.2, 0) is 11.8 Å². The normalized spacial score (nSPS) is 19.3. The first-order chi connectivity index (χ1) is 20.9. The number of hydrogen-bond donors (Lipinski definition) is 1. The van der Waals surface area contributed by atoms with Crippen molar-refractivity contribution < 1.29 is 18.4 Å². The molecule has 4 heterocycles. The number of carbonyl (C=O) groups excluding carboxylic acids is 2. The fourth-order valence-electron chi connectivity index (χ4n) is 5.39. The number of carbonyl (C=O) groups is 2. The van der Waals surface area contributed by atoms with Gasteiger partial charge in [0.15, 0.2) is 11.4 Å². The van der Waals surface area contributed by atoms with Gasteiger partial charge in [0.2, 0.25) is 11.8 Å². The fraction of sp³-hybridized carbons (Fsp3) is 0.300. The maximum atomic E-state index is 13.5. The van der Waals surface area contributed by atoms with Gasteiger partial charge in [0.05, 0.1) is 19.0 Å². The van der Waals surface area contributed by atoms with Crippen LogP contribution in [0.4, 0.5) is 10.1 Å². The quantitative estimate of drug-likeness (QED) is 0.307. The van der Waals surface area contributed by atoms with E-state index in [1.54, 1.807) is 48.5 Å². The lowest BCUT2D eigenvalue weighted by atomic mass is 10.0. The van der Waals surface area contributed by atoms with Crippen LogP contribution in [0.3, 0.4) is 0 Å². The van der Waals surface area contributed by atoms with Crippen molar-refractivity contribution >= 4 is 28.6 Å². The Morgan fingerprint density at radius 3 is 2.56 bits per heavy atom. The zero-order valence-corrected chi connectivity index (χ0v) is 23.3. The molecule has 3 atom stereocenters. The Labute approximate surface area is 245 Å². The number of oxazole rings is 1. The van der Waals surface area contributed by atoms with Gasteiger partial charge in [-0.2, -0.15) is 4.80 Å². The summed E-state index contributed by atoms with van der Waals surface area (Å²) in [6.45, 7) is 2.27. The summed E-state index contributed by atoms with van der Waals surface area (Å²) in [6, 6.07) is 18.3. The molecule has 1 saturated heterocycles. The minimum Gasteiger partial charge on any atom is -0.436 e. The van der Waals surface area contributed by atoms with Crippen LogP contribution in [-0.4, -0.2) is 84.1 Å². The number of benzene rings is 2. The van der Waals surface area contributed by atoms with Gasteiger partial charge in [-0.15, -0.1) is 10.2 Å². The Morgan fingerprint density at radius 2 is 1.84 bits per heavy atom. The van der Waals surface area contributed by atoms with Crippen molar-refractivity contribution in [3.8, 4) is 11.5 Å². The first-order valence-electron chi connectivity index (χ1n) is 14.1. The molecule has 2 aromatic carbocycles. The van der Waals surface area contributed by atoms with Gasteiger partial charge in [-0.25, -0.2) is 9.37 Å². The van der Waals surface area contributed by atoms with Crippen LogP contribution in [0.5, 0.6) is 0 Å². The molecule has 13 heteroatoms. The molecule has 0 bridgehead atoms. The van der Waals surface area contributed by atoms with Gasteiger partial charge >= 0.3 is 0 Å². The lowest BCUT2D eigenvalue weighted by Gasteiger charge is -2.38. The molecule has 1 aliphatic carbocycles. The van der Waals surface area contributed by atoms with Crippen LogP contribution in [0.15, 0.2) is 71.3 Å². The van der Waals surface area contributed by atoms with E-state index in [0.717, 1.165) is 5.56 Å². The number of pyridine rings is 1. The summed E-state index contributed by atoms with van der Waals surface area (Å²) < 4.78 is 19.2. The zero-order valence-electron chi connectivity index (χ0n) is 23.3. The Kier molecular flexibility index (Phi) is 6.86. The Morgan fingerprint density at radius 1 is 1.05 bits per heavy atom. The molecule has 1 aliphatic heterocycles. The molecule has 218 valence electrons. The van der Waals surface area contributed by atoms with Gasteiger partial charge in [0, 0.05) is 43.6 Å². The van der Waals surface area contributed by atoms with E-state index >= 15 is 0 Å². The van der Waals surface area contributed by atoms with Crippen LogP contribution in [0.25, 0.3) is 22.6 Å². The van der Waals surface area contributed by atoms with Crippen molar-refractivity contribution in [2.24, 2.45) is 13.0 Å². The highest BCUT2D eigenvalue weighted by molar-refractivity contribution is 5.96. The summed E-state index contributed by atoms with van der Waals surface area (Å²) >= 11 is 0. The Balaban J connectivity index is 1.05. The van der Waals surface area contributed by atoms with E-state index in [2.05, 4.69) is 35.6 Å². The summed E-state index contributed by atoms with van der Waals surface area (Å²) in [5.74, 6) is -0.155. The number of tetrazole rings is 1. The second kappa shape index (κ2) is 11.0. The lowest BCUT2D eigenvalue weighted by molar-refractivity contribution is -0.117. The lowest BCUT2D eigenvalue weighted by Crippen LogP contribution is -2.50. The van der Waals surface area contributed by atoms with Crippen molar-refractivity contribution in [3.05, 3.63) is 83.9 Å². The molecule has 1 saturated carbocycles. The second-order valence-corrected chi connectivity index (χ2v) is 10.8. The first-order valence-corrected chi connectivity index (χ1v) is 14.1. The van der Waals surface area contributed by atoms with E-state index in [9.17, 15) is 14.0 Å².